The molecule has 0 amide bonds. The van der Waals surface area contributed by atoms with E-state index in [0.29, 0.717) is 12.4 Å². The van der Waals surface area contributed by atoms with Gasteiger partial charge < -0.3 is 14.4 Å². The molecule has 88 valence electrons. The summed E-state index contributed by atoms with van der Waals surface area (Å²) in [6, 6.07) is 8.56. The maximum atomic E-state index is 10.8. The van der Waals surface area contributed by atoms with E-state index in [-0.39, 0.29) is 5.69 Å². The fourth-order valence-corrected chi connectivity index (χ4v) is 1.47. The SMILES string of the molecule is CN(Cc1ccco1)c1cccc(C(=O)O)n1. The quantitative estimate of drug-likeness (QED) is 0.873. The van der Waals surface area contributed by atoms with Crippen LogP contribution < -0.4 is 4.90 Å². The summed E-state index contributed by atoms with van der Waals surface area (Å²) < 4.78 is 5.22. The van der Waals surface area contributed by atoms with Crippen LogP contribution in [0.1, 0.15) is 16.2 Å². The summed E-state index contributed by atoms with van der Waals surface area (Å²) >= 11 is 0. The van der Waals surface area contributed by atoms with Gasteiger partial charge in [-0.25, -0.2) is 9.78 Å². The van der Waals surface area contributed by atoms with Gasteiger partial charge in [0.1, 0.15) is 11.6 Å². The van der Waals surface area contributed by atoms with E-state index in [2.05, 4.69) is 4.98 Å². The standard InChI is InChI=1S/C12H12N2O3/c1-14(8-9-4-3-7-17-9)11-6-2-5-10(13-11)12(15)16/h2-7H,8H2,1H3,(H,15,16). The zero-order valence-corrected chi connectivity index (χ0v) is 9.33. The molecule has 2 aromatic heterocycles. The van der Waals surface area contributed by atoms with Gasteiger partial charge in [-0.1, -0.05) is 6.07 Å². The fourth-order valence-electron chi connectivity index (χ4n) is 1.47. The summed E-state index contributed by atoms with van der Waals surface area (Å²) in [5.41, 5.74) is 0.0359. The summed E-state index contributed by atoms with van der Waals surface area (Å²) in [5, 5.41) is 8.85. The number of carbonyl (C=O) groups is 1. The van der Waals surface area contributed by atoms with Gasteiger partial charge in [0.05, 0.1) is 12.8 Å². The van der Waals surface area contributed by atoms with Crippen LogP contribution in [0, 0.1) is 0 Å². The van der Waals surface area contributed by atoms with Gasteiger partial charge in [-0.15, -0.1) is 0 Å². The van der Waals surface area contributed by atoms with E-state index in [1.807, 2.05) is 24.1 Å². The third-order valence-corrected chi connectivity index (χ3v) is 2.32. The number of anilines is 1. The lowest BCUT2D eigenvalue weighted by Gasteiger charge is -2.16. The second-order valence-electron chi connectivity index (χ2n) is 3.62. The minimum Gasteiger partial charge on any atom is -0.477 e. The van der Waals surface area contributed by atoms with E-state index >= 15 is 0 Å². The molecule has 2 heterocycles. The molecule has 0 bridgehead atoms. The number of aromatic nitrogens is 1. The van der Waals surface area contributed by atoms with Gasteiger partial charge in [-0.3, -0.25) is 0 Å². The molecule has 0 fully saturated rings. The molecule has 0 aliphatic heterocycles. The fraction of sp³-hybridized carbons (Fsp3) is 0.167. The molecule has 0 aliphatic rings. The van der Waals surface area contributed by atoms with Crippen molar-refractivity contribution in [1.29, 1.82) is 0 Å². The minimum absolute atomic E-state index is 0.0359. The Morgan fingerprint density at radius 2 is 2.24 bits per heavy atom. The first kappa shape index (κ1) is 11.2. The van der Waals surface area contributed by atoms with Crippen LogP contribution in [0.5, 0.6) is 0 Å². The van der Waals surface area contributed by atoms with Crippen LogP contribution in [0.25, 0.3) is 0 Å². The molecule has 17 heavy (non-hydrogen) atoms. The molecule has 0 saturated carbocycles. The maximum Gasteiger partial charge on any atom is 0.354 e. The van der Waals surface area contributed by atoms with Gasteiger partial charge in [0.15, 0.2) is 5.69 Å². The summed E-state index contributed by atoms with van der Waals surface area (Å²) in [6.45, 7) is 0.545. The smallest absolute Gasteiger partial charge is 0.354 e. The molecule has 0 radical (unpaired) electrons. The zero-order chi connectivity index (χ0) is 12.3. The molecule has 2 rings (SSSR count). The summed E-state index contributed by atoms with van der Waals surface area (Å²) in [5.74, 6) is 0.370. The molecule has 0 aliphatic carbocycles. The molecule has 2 aromatic rings. The van der Waals surface area contributed by atoms with Crippen molar-refractivity contribution in [2.45, 2.75) is 6.54 Å². The van der Waals surface area contributed by atoms with E-state index in [9.17, 15) is 4.79 Å². The molecule has 0 saturated heterocycles. The second kappa shape index (κ2) is 4.69. The number of rotatable bonds is 4. The Morgan fingerprint density at radius 3 is 2.88 bits per heavy atom. The lowest BCUT2D eigenvalue weighted by atomic mass is 10.3. The predicted octanol–water partition coefficient (Wildman–Crippen LogP) is 2.01. The predicted molar refractivity (Wildman–Crippen MR) is 62.0 cm³/mol. The lowest BCUT2D eigenvalue weighted by Crippen LogP contribution is -2.18. The first-order chi connectivity index (χ1) is 8.16. The number of aromatic carboxylic acids is 1. The molecule has 1 N–H and O–H groups in total. The molecular formula is C12H12N2O3. The molecule has 0 spiro atoms. The average molecular weight is 232 g/mol. The number of carboxylic acids is 1. The van der Waals surface area contributed by atoms with Crippen molar-refractivity contribution in [3.63, 3.8) is 0 Å². The van der Waals surface area contributed by atoms with E-state index < -0.39 is 5.97 Å². The molecule has 5 nitrogen and oxygen atoms in total. The number of furan rings is 1. The Balaban J connectivity index is 2.16. The Morgan fingerprint density at radius 1 is 1.41 bits per heavy atom. The number of carboxylic acid groups (broad SMARTS) is 1. The highest BCUT2D eigenvalue weighted by molar-refractivity contribution is 5.85. The van der Waals surface area contributed by atoms with Crippen molar-refractivity contribution in [3.8, 4) is 0 Å². The Bertz CT molecular complexity index is 508. The minimum atomic E-state index is -1.03. The van der Waals surface area contributed by atoms with Gasteiger partial charge in [0, 0.05) is 7.05 Å². The van der Waals surface area contributed by atoms with Gasteiger partial charge in [0.25, 0.3) is 0 Å². The van der Waals surface area contributed by atoms with Crippen molar-refractivity contribution < 1.29 is 14.3 Å². The number of nitrogens with zero attached hydrogens (tertiary/aromatic N) is 2. The van der Waals surface area contributed by atoms with E-state index in [0.717, 1.165) is 5.76 Å². The highest BCUT2D eigenvalue weighted by Gasteiger charge is 2.09. The second-order valence-corrected chi connectivity index (χ2v) is 3.62. The van der Waals surface area contributed by atoms with Crippen molar-refractivity contribution in [3.05, 3.63) is 48.0 Å². The number of pyridine rings is 1. The van der Waals surface area contributed by atoms with Crippen LogP contribution in [0.15, 0.2) is 41.0 Å². The number of hydrogen-bond donors (Lipinski definition) is 1. The summed E-state index contributed by atoms with van der Waals surface area (Å²) in [4.78, 5) is 16.7. The molecule has 0 atom stereocenters. The normalized spacial score (nSPS) is 10.2. The van der Waals surface area contributed by atoms with Crippen molar-refractivity contribution in [2.24, 2.45) is 0 Å². The van der Waals surface area contributed by atoms with Crippen LogP contribution in [-0.2, 0) is 6.54 Å². The summed E-state index contributed by atoms with van der Waals surface area (Å²) in [7, 11) is 1.83. The van der Waals surface area contributed by atoms with Gasteiger partial charge in [-0.05, 0) is 24.3 Å². The van der Waals surface area contributed by atoms with E-state index in [1.165, 1.54) is 6.07 Å². The third-order valence-electron chi connectivity index (χ3n) is 2.32. The lowest BCUT2D eigenvalue weighted by molar-refractivity contribution is 0.0690. The van der Waals surface area contributed by atoms with Gasteiger partial charge in [0.2, 0.25) is 0 Å². The topological polar surface area (TPSA) is 66.6 Å². The number of hydrogen-bond acceptors (Lipinski definition) is 4. The van der Waals surface area contributed by atoms with Gasteiger partial charge >= 0.3 is 5.97 Å². The van der Waals surface area contributed by atoms with Crippen LogP contribution in [-0.4, -0.2) is 23.1 Å². The van der Waals surface area contributed by atoms with Crippen LogP contribution in [0.3, 0.4) is 0 Å². The van der Waals surface area contributed by atoms with Gasteiger partial charge in [-0.2, -0.15) is 0 Å². The zero-order valence-electron chi connectivity index (χ0n) is 9.33. The first-order valence-corrected chi connectivity index (χ1v) is 5.10. The largest absolute Gasteiger partial charge is 0.477 e. The average Bonchev–Trinajstić information content (AvgIpc) is 2.82. The third kappa shape index (κ3) is 2.63. The van der Waals surface area contributed by atoms with Crippen LogP contribution in [0.4, 0.5) is 5.82 Å². The summed E-state index contributed by atoms with van der Waals surface area (Å²) in [6.07, 6.45) is 1.60. The highest BCUT2D eigenvalue weighted by Crippen LogP contribution is 2.13. The maximum absolute atomic E-state index is 10.8. The van der Waals surface area contributed by atoms with Crippen LogP contribution >= 0.6 is 0 Å². The Hall–Kier alpha value is -2.30. The Labute approximate surface area is 98.3 Å². The molecule has 0 unspecified atom stereocenters. The highest BCUT2D eigenvalue weighted by atomic mass is 16.4. The van der Waals surface area contributed by atoms with E-state index in [4.69, 9.17) is 9.52 Å². The van der Waals surface area contributed by atoms with Crippen molar-refractivity contribution in [2.75, 3.05) is 11.9 Å². The van der Waals surface area contributed by atoms with E-state index in [1.54, 1.807) is 18.4 Å². The monoisotopic (exact) mass is 232 g/mol. The Kier molecular flexibility index (Phi) is 3.09. The molecule has 5 heteroatoms. The first-order valence-electron chi connectivity index (χ1n) is 5.10. The molecular weight excluding hydrogens is 220 g/mol. The van der Waals surface area contributed by atoms with Crippen molar-refractivity contribution >= 4 is 11.8 Å². The molecule has 0 aromatic carbocycles. The van der Waals surface area contributed by atoms with Crippen molar-refractivity contribution in [1.82, 2.24) is 4.98 Å². The van der Waals surface area contributed by atoms with Crippen LogP contribution in [0.2, 0.25) is 0 Å².